The van der Waals surface area contributed by atoms with Gasteiger partial charge in [-0.1, -0.05) is 0 Å². The van der Waals surface area contributed by atoms with Gasteiger partial charge in [0.15, 0.2) is 9.84 Å². The number of hydrogen-bond acceptors (Lipinski definition) is 5. The molecule has 22 heavy (non-hydrogen) atoms. The number of furan rings is 1. The number of sulfone groups is 1. The highest BCUT2D eigenvalue weighted by atomic mass is 32.2. The number of carbonyl (C=O) groups excluding carboxylic acids is 2. The highest BCUT2D eigenvalue weighted by molar-refractivity contribution is 7.91. The van der Waals surface area contributed by atoms with Crippen molar-refractivity contribution in [1.82, 2.24) is 10.2 Å². The van der Waals surface area contributed by atoms with E-state index < -0.39 is 15.8 Å². The minimum atomic E-state index is -3.04. The van der Waals surface area contributed by atoms with Crippen LogP contribution in [-0.2, 0) is 26.0 Å². The molecular weight excluding hydrogens is 308 g/mol. The zero-order valence-corrected chi connectivity index (χ0v) is 12.8. The third-order valence-electron chi connectivity index (χ3n) is 4.23. The number of nitrogens with zero attached hydrogens (tertiary/aromatic N) is 1. The van der Waals surface area contributed by atoms with Crippen LogP contribution in [-0.4, -0.2) is 49.2 Å². The first-order valence-corrected chi connectivity index (χ1v) is 9.05. The highest BCUT2D eigenvalue weighted by Gasteiger charge is 2.41. The van der Waals surface area contributed by atoms with Gasteiger partial charge in [-0.2, -0.15) is 0 Å². The minimum absolute atomic E-state index is 0.0160. The Kier molecular flexibility index (Phi) is 3.94. The van der Waals surface area contributed by atoms with E-state index in [2.05, 4.69) is 5.32 Å². The van der Waals surface area contributed by atoms with Crippen molar-refractivity contribution in [3.8, 4) is 0 Å². The third kappa shape index (κ3) is 3.16. The fraction of sp³-hybridized carbons (Fsp3) is 0.571. The summed E-state index contributed by atoms with van der Waals surface area (Å²) in [7, 11) is -3.04. The Labute approximate surface area is 128 Å². The topological polar surface area (TPSA) is 96.7 Å². The van der Waals surface area contributed by atoms with Gasteiger partial charge in [-0.25, -0.2) is 8.42 Å². The molecule has 0 radical (unpaired) electrons. The smallest absolute Gasteiger partial charge is 0.225 e. The van der Waals surface area contributed by atoms with Crippen molar-refractivity contribution >= 4 is 21.7 Å². The quantitative estimate of drug-likeness (QED) is 0.835. The molecule has 2 saturated heterocycles. The first-order valence-electron chi connectivity index (χ1n) is 7.23. The van der Waals surface area contributed by atoms with Crippen molar-refractivity contribution in [1.29, 1.82) is 0 Å². The summed E-state index contributed by atoms with van der Waals surface area (Å²) in [5.41, 5.74) is 0.858. The largest absolute Gasteiger partial charge is 0.472 e. The Morgan fingerprint density at radius 2 is 2.27 bits per heavy atom. The highest BCUT2D eigenvalue weighted by Crippen LogP contribution is 2.26. The van der Waals surface area contributed by atoms with Crippen molar-refractivity contribution in [3.63, 3.8) is 0 Å². The van der Waals surface area contributed by atoms with Crippen LogP contribution in [0.5, 0.6) is 0 Å². The number of hydrogen-bond donors (Lipinski definition) is 1. The van der Waals surface area contributed by atoms with Gasteiger partial charge in [0.1, 0.15) is 0 Å². The molecule has 1 aromatic heterocycles. The molecule has 2 fully saturated rings. The van der Waals surface area contributed by atoms with Crippen LogP contribution in [0.15, 0.2) is 23.0 Å². The number of rotatable bonds is 4. The first kappa shape index (κ1) is 15.1. The van der Waals surface area contributed by atoms with Gasteiger partial charge in [0.05, 0.1) is 29.9 Å². The van der Waals surface area contributed by atoms with Gasteiger partial charge in [0.2, 0.25) is 11.8 Å². The van der Waals surface area contributed by atoms with Crippen LogP contribution in [0, 0.1) is 5.92 Å². The van der Waals surface area contributed by atoms with Crippen LogP contribution in [0.4, 0.5) is 0 Å². The number of likely N-dealkylation sites (tertiary alicyclic amines) is 1. The molecule has 8 heteroatoms. The summed E-state index contributed by atoms with van der Waals surface area (Å²) in [6, 6.07) is 1.49. The van der Waals surface area contributed by atoms with E-state index in [1.54, 1.807) is 17.2 Å². The van der Waals surface area contributed by atoms with E-state index in [4.69, 9.17) is 4.42 Å². The van der Waals surface area contributed by atoms with E-state index in [0.717, 1.165) is 5.56 Å². The fourth-order valence-corrected chi connectivity index (χ4v) is 4.74. The molecule has 120 valence electrons. The molecule has 2 aliphatic rings. The van der Waals surface area contributed by atoms with Crippen LogP contribution >= 0.6 is 0 Å². The second-order valence-electron chi connectivity index (χ2n) is 5.85. The van der Waals surface area contributed by atoms with E-state index in [1.165, 1.54) is 6.26 Å². The Hall–Kier alpha value is -1.83. The molecule has 2 amide bonds. The van der Waals surface area contributed by atoms with Crippen LogP contribution in [0.1, 0.15) is 18.4 Å². The molecule has 0 aromatic carbocycles. The summed E-state index contributed by atoms with van der Waals surface area (Å²) in [5, 5.41) is 2.78. The van der Waals surface area contributed by atoms with Crippen LogP contribution in [0.2, 0.25) is 0 Å². The molecule has 0 bridgehead atoms. The molecule has 7 nitrogen and oxygen atoms in total. The van der Waals surface area contributed by atoms with Gasteiger partial charge in [-0.15, -0.1) is 0 Å². The van der Waals surface area contributed by atoms with Crippen molar-refractivity contribution in [2.45, 2.75) is 25.4 Å². The summed E-state index contributed by atoms with van der Waals surface area (Å²) in [6.07, 6.45) is 3.70. The summed E-state index contributed by atoms with van der Waals surface area (Å²) in [5.74, 6) is -0.591. The summed E-state index contributed by atoms with van der Waals surface area (Å²) in [4.78, 5) is 25.8. The maximum absolute atomic E-state index is 12.1. The van der Waals surface area contributed by atoms with Crippen LogP contribution in [0.3, 0.4) is 0 Å². The molecule has 3 heterocycles. The molecule has 3 rings (SSSR count). The predicted molar refractivity (Wildman–Crippen MR) is 77.4 cm³/mol. The Bertz CT molecular complexity index is 667. The molecule has 2 atom stereocenters. The van der Waals surface area contributed by atoms with E-state index in [1.807, 2.05) is 0 Å². The maximum Gasteiger partial charge on any atom is 0.225 e. The summed E-state index contributed by atoms with van der Waals surface area (Å²) < 4.78 is 28.0. The molecule has 0 saturated carbocycles. The standard InChI is InChI=1S/C14H18N2O5S/c17-13-5-11(14(18)15-6-10-1-3-21-8-10)7-16(13)12-2-4-22(19,20)9-12/h1,3,8,11-12H,2,4-7,9H2,(H,15,18)/t11-,12-/m1/s1. The van der Waals surface area contributed by atoms with Crippen LogP contribution < -0.4 is 5.32 Å². The van der Waals surface area contributed by atoms with Gasteiger partial charge < -0.3 is 14.6 Å². The number of amides is 2. The number of carbonyl (C=O) groups is 2. The van der Waals surface area contributed by atoms with Crippen molar-refractivity contribution < 1.29 is 22.4 Å². The van der Waals surface area contributed by atoms with Gasteiger partial charge in [0, 0.05) is 31.1 Å². The zero-order valence-electron chi connectivity index (χ0n) is 12.0. The fourth-order valence-electron chi connectivity index (χ4n) is 3.01. The van der Waals surface area contributed by atoms with E-state index in [-0.39, 0.29) is 35.8 Å². The minimum Gasteiger partial charge on any atom is -0.472 e. The number of nitrogens with one attached hydrogen (secondary N) is 1. The summed E-state index contributed by atoms with van der Waals surface area (Å²) >= 11 is 0. The summed E-state index contributed by atoms with van der Waals surface area (Å²) in [6.45, 7) is 0.661. The predicted octanol–water partition coefficient (Wildman–Crippen LogP) is -0.0686. The zero-order chi connectivity index (χ0) is 15.7. The maximum atomic E-state index is 12.1. The van der Waals surface area contributed by atoms with Crippen molar-refractivity contribution in [3.05, 3.63) is 24.2 Å². The Balaban J connectivity index is 1.56. The second kappa shape index (κ2) is 5.75. The molecule has 2 aliphatic heterocycles. The molecule has 0 aliphatic carbocycles. The van der Waals surface area contributed by atoms with Gasteiger partial charge in [-0.05, 0) is 12.5 Å². The molecule has 0 unspecified atom stereocenters. The lowest BCUT2D eigenvalue weighted by molar-refractivity contribution is -0.130. The van der Waals surface area contributed by atoms with Crippen LogP contribution in [0.25, 0.3) is 0 Å². The third-order valence-corrected chi connectivity index (χ3v) is 5.98. The first-order chi connectivity index (χ1) is 10.4. The Morgan fingerprint density at radius 3 is 2.91 bits per heavy atom. The molecule has 0 spiro atoms. The normalized spacial score (nSPS) is 27.3. The molecule has 1 aromatic rings. The lowest BCUT2D eigenvalue weighted by atomic mass is 10.1. The van der Waals surface area contributed by atoms with Crippen molar-refractivity contribution in [2.75, 3.05) is 18.1 Å². The van der Waals surface area contributed by atoms with Gasteiger partial charge in [-0.3, -0.25) is 9.59 Å². The monoisotopic (exact) mass is 326 g/mol. The van der Waals surface area contributed by atoms with E-state index in [9.17, 15) is 18.0 Å². The van der Waals surface area contributed by atoms with Gasteiger partial charge >= 0.3 is 0 Å². The Morgan fingerprint density at radius 1 is 1.45 bits per heavy atom. The molecule has 1 N–H and O–H groups in total. The lowest BCUT2D eigenvalue weighted by Gasteiger charge is -2.22. The van der Waals surface area contributed by atoms with Crippen molar-refractivity contribution in [2.24, 2.45) is 5.92 Å². The van der Waals surface area contributed by atoms with E-state index >= 15 is 0 Å². The van der Waals surface area contributed by atoms with Gasteiger partial charge in [0.25, 0.3) is 0 Å². The average Bonchev–Trinajstić information content (AvgIpc) is 3.16. The SMILES string of the molecule is O=C(NCc1ccoc1)[C@@H]1CC(=O)N([C@@H]2CCS(=O)(=O)C2)C1. The lowest BCUT2D eigenvalue weighted by Crippen LogP contribution is -2.38. The average molecular weight is 326 g/mol. The molecular formula is C14H18N2O5S. The van der Waals surface area contributed by atoms with E-state index in [0.29, 0.717) is 19.5 Å². The second-order valence-corrected chi connectivity index (χ2v) is 8.08.